The predicted octanol–water partition coefficient (Wildman–Crippen LogP) is 4.19. The Kier molecular flexibility index (Phi) is 6.12. The average Bonchev–Trinajstić information content (AvgIpc) is 3.11. The highest BCUT2D eigenvalue weighted by Crippen LogP contribution is 2.27. The highest BCUT2D eigenvalue weighted by atomic mass is 32.1. The standard InChI is InChI=1S/C25H30N6O2S/c1-16(13-18-7-8-23-22(14-18)27-17(2)31(23)34)26-24(32)29-11-9-20(10-12-29)30-15-19-5-3-4-6-21(19)28-25(30)33/h3-8,14,16,20,34H,9-13,15H2,1-2H3,(H,26,32)(H,28,33). The Morgan fingerprint density at radius 1 is 1.24 bits per heavy atom. The van der Waals surface area contributed by atoms with Crippen LogP contribution < -0.4 is 10.6 Å². The average molecular weight is 479 g/mol. The van der Waals surface area contributed by atoms with Crippen LogP contribution >= 0.6 is 12.8 Å². The number of urea groups is 2. The first-order valence-electron chi connectivity index (χ1n) is 11.8. The fourth-order valence-corrected chi connectivity index (χ4v) is 5.18. The molecule has 9 heteroatoms. The molecule has 0 aliphatic carbocycles. The van der Waals surface area contributed by atoms with Crippen LogP contribution in [0.2, 0.25) is 0 Å². The summed E-state index contributed by atoms with van der Waals surface area (Å²) in [5, 5.41) is 6.12. The summed E-state index contributed by atoms with van der Waals surface area (Å²) in [6, 6.07) is 14.1. The van der Waals surface area contributed by atoms with Gasteiger partial charge < -0.3 is 20.4 Å². The summed E-state index contributed by atoms with van der Waals surface area (Å²) in [6.07, 6.45) is 2.28. The molecule has 2 N–H and O–H groups in total. The first-order valence-corrected chi connectivity index (χ1v) is 12.2. The van der Waals surface area contributed by atoms with Crippen LogP contribution in [0.5, 0.6) is 0 Å². The number of benzene rings is 2. The van der Waals surface area contributed by atoms with Crippen LogP contribution in [0, 0.1) is 6.92 Å². The van der Waals surface area contributed by atoms with E-state index in [0.717, 1.165) is 52.9 Å². The number of piperidine rings is 1. The van der Waals surface area contributed by atoms with Crippen molar-refractivity contribution in [3.8, 4) is 0 Å². The second-order valence-electron chi connectivity index (χ2n) is 9.28. The zero-order valence-corrected chi connectivity index (χ0v) is 20.4. The molecule has 1 atom stereocenters. The quantitative estimate of drug-likeness (QED) is 0.492. The topological polar surface area (TPSA) is 82.5 Å². The number of fused-ring (bicyclic) bond motifs is 2. The number of likely N-dealkylation sites (tertiary alicyclic amines) is 1. The first-order chi connectivity index (χ1) is 16.4. The lowest BCUT2D eigenvalue weighted by atomic mass is 10.0. The van der Waals surface area contributed by atoms with Gasteiger partial charge in [0.2, 0.25) is 0 Å². The van der Waals surface area contributed by atoms with Crippen molar-refractivity contribution in [2.45, 2.75) is 51.7 Å². The molecule has 178 valence electrons. The van der Waals surface area contributed by atoms with E-state index < -0.39 is 0 Å². The smallest absolute Gasteiger partial charge is 0.322 e. The molecule has 34 heavy (non-hydrogen) atoms. The van der Waals surface area contributed by atoms with Crippen LogP contribution in [-0.2, 0) is 13.0 Å². The van der Waals surface area contributed by atoms with Crippen LogP contribution in [-0.4, -0.2) is 56.0 Å². The minimum absolute atomic E-state index is 0.00812. The van der Waals surface area contributed by atoms with E-state index in [4.69, 9.17) is 0 Å². The minimum atomic E-state index is -0.0508. The van der Waals surface area contributed by atoms with Gasteiger partial charge >= 0.3 is 12.1 Å². The molecule has 1 fully saturated rings. The summed E-state index contributed by atoms with van der Waals surface area (Å²) in [4.78, 5) is 33.8. The van der Waals surface area contributed by atoms with Crippen LogP contribution in [0.15, 0.2) is 42.5 Å². The third-order valence-electron chi connectivity index (χ3n) is 6.82. The second-order valence-corrected chi connectivity index (χ2v) is 9.68. The summed E-state index contributed by atoms with van der Waals surface area (Å²) >= 11 is 4.45. The van der Waals surface area contributed by atoms with E-state index in [0.29, 0.717) is 19.6 Å². The molecule has 2 aliphatic heterocycles. The first kappa shape index (κ1) is 22.6. The molecule has 2 aromatic carbocycles. The number of aryl methyl sites for hydroxylation is 1. The molecule has 3 aromatic rings. The molecule has 1 aromatic heterocycles. The fourth-order valence-electron chi connectivity index (χ4n) is 4.97. The Balaban J connectivity index is 1.14. The van der Waals surface area contributed by atoms with E-state index in [2.05, 4.69) is 46.6 Å². The summed E-state index contributed by atoms with van der Waals surface area (Å²) < 4.78 is 1.78. The number of carbonyl (C=O) groups is 2. The zero-order valence-electron chi connectivity index (χ0n) is 19.5. The van der Waals surface area contributed by atoms with Gasteiger partial charge in [0.1, 0.15) is 5.82 Å². The van der Waals surface area contributed by atoms with Crippen LogP contribution in [0.1, 0.15) is 36.7 Å². The van der Waals surface area contributed by atoms with E-state index in [1.165, 1.54) is 0 Å². The number of anilines is 1. The van der Waals surface area contributed by atoms with Crippen molar-refractivity contribution in [3.05, 3.63) is 59.4 Å². The Hall–Kier alpha value is -3.20. The molecule has 0 saturated carbocycles. The van der Waals surface area contributed by atoms with Gasteiger partial charge in [-0.05, 0) is 62.4 Å². The number of carbonyl (C=O) groups excluding carboxylic acids is 2. The van der Waals surface area contributed by atoms with Crippen LogP contribution in [0.3, 0.4) is 0 Å². The third-order valence-corrected chi connectivity index (χ3v) is 7.33. The van der Waals surface area contributed by atoms with Crippen LogP contribution in [0.25, 0.3) is 11.0 Å². The number of hydrogen-bond donors (Lipinski definition) is 3. The van der Waals surface area contributed by atoms with E-state index in [1.54, 1.807) is 3.97 Å². The van der Waals surface area contributed by atoms with Crippen molar-refractivity contribution < 1.29 is 9.59 Å². The van der Waals surface area contributed by atoms with Gasteiger partial charge in [-0.25, -0.2) is 14.6 Å². The summed E-state index contributed by atoms with van der Waals surface area (Å²) in [6.45, 7) is 5.84. The highest BCUT2D eigenvalue weighted by molar-refractivity contribution is 7.78. The van der Waals surface area contributed by atoms with E-state index >= 15 is 0 Å². The lowest BCUT2D eigenvalue weighted by Gasteiger charge is -2.40. The Bertz CT molecular complexity index is 1230. The fraction of sp³-hybridized carbons (Fsp3) is 0.400. The van der Waals surface area contributed by atoms with Crippen molar-refractivity contribution in [2.75, 3.05) is 18.4 Å². The number of nitrogens with one attached hydrogen (secondary N) is 2. The predicted molar refractivity (Wildman–Crippen MR) is 136 cm³/mol. The molecular weight excluding hydrogens is 448 g/mol. The van der Waals surface area contributed by atoms with Gasteiger partial charge in [0.25, 0.3) is 0 Å². The number of imidazole rings is 1. The van der Waals surface area contributed by atoms with Crippen molar-refractivity contribution in [2.24, 2.45) is 0 Å². The lowest BCUT2D eigenvalue weighted by Crippen LogP contribution is -2.53. The summed E-state index contributed by atoms with van der Waals surface area (Å²) in [5.74, 6) is 0.853. The Labute approximate surface area is 204 Å². The Morgan fingerprint density at radius 3 is 2.79 bits per heavy atom. The number of nitrogens with zero attached hydrogens (tertiary/aromatic N) is 4. The number of thiol groups is 1. The van der Waals surface area contributed by atoms with Crippen molar-refractivity contribution in [3.63, 3.8) is 0 Å². The molecule has 8 nitrogen and oxygen atoms in total. The Morgan fingerprint density at radius 2 is 2.00 bits per heavy atom. The number of para-hydroxylation sites is 1. The third kappa shape index (κ3) is 4.44. The molecule has 1 unspecified atom stereocenters. The number of aromatic nitrogens is 2. The van der Waals surface area contributed by atoms with Gasteiger partial charge in [-0.1, -0.05) is 37.1 Å². The highest BCUT2D eigenvalue weighted by Gasteiger charge is 2.32. The lowest BCUT2D eigenvalue weighted by molar-refractivity contribution is 0.127. The largest absolute Gasteiger partial charge is 0.335 e. The minimum Gasteiger partial charge on any atom is -0.335 e. The maximum atomic E-state index is 12.9. The zero-order chi connectivity index (χ0) is 23.8. The van der Waals surface area contributed by atoms with E-state index in [1.807, 2.05) is 47.9 Å². The molecule has 3 heterocycles. The van der Waals surface area contributed by atoms with E-state index in [-0.39, 0.29) is 24.1 Å². The van der Waals surface area contributed by atoms with Crippen LogP contribution in [0.4, 0.5) is 15.3 Å². The van der Waals surface area contributed by atoms with Crippen molar-refractivity contribution in [1.82, 2.24) is 24.1 Å². The summed E-state index contributed by atoms with van der Waals surface area (Å²) in [7, 11) is 0. The molecular formula is C25H30N6O2S. The summed E-state index contributed by atoms with van der Waals surface area (Å²) in [5.41, 5.74) is 5.04. The molecule has 2 aliphatic rings. The number of hydrogen-bond acceptors (Lipinski definition) is 4. The van der Waals surface area contributed by atoms with E-state index in [9.17, 15) is 9.59 Å². The molecule has 5 rings (SSSR count). The molecule has 0 spiro atoms. The van der Waals surface area contributed by atoms with Crippen molar-refractivity contribution in [1.29, 1.82) is 0 Å². The molecule has 4 amide bonds. The maximum absolute atomic E-state index is 12.9. The van der Waals surface area contributed by atoms with Gasteiger partial charge in [0, 0.05) is 37.4 Å². The van der Waals surface area contributed by atoms with Gasteiger partial charge in [0.05, 0.1) is 11.0 Å². The van der Waals surface area contributed by atoms with Gasteiger partial charge in [0.15, 0.2) is 0 Å². The van der Waals surface area contributed by atoms with Gasteiger partial charge in [-0.2, -0.15) is 0 Å². The monoisotopic (exact) mass is 478 g/mol. The molecule has 0 radical (unpaired) electrons. The van der Waals surface area contributed by atoms with Gasteiger partial charge in [-0.3, -0.25) is 3.97 Å². The molecule has 1 saturated heterocycles. The number of rotatable bonds is 4. The normalized spacial score (nSPS) is 17.4. The second kappa shape index (κ2) is 9.21. The SMILES string of the molecule is Cc1nc2cc(CC(C)NC(=O)N3CCC(N4Cc5ccccc5NC4=O)CC3)ccc2n1S. The molecule has 0 bridgehead atoms. The maximum Gasteiger partial charge on any atom is 0.322 e. The van der Waals surface area contributed by atoms with Crippen molar-refractivity contribution >= 4 is 41.6 Å². The van der Waals surface area contributed by atoms with Gasteiger partial charge in [-0.15, -0.1) is 0 Å². The number of amides is 4.